The molecule has 0 fully saturated rings. The molecule has 1 atom stereocenters. The van der Waals surface area contributed by atoms with Crippen molar-refractivity contribution in [2.45, 2.75) is 51.6 Å². The Morgan fingerprint density at radius 2 is 2.00 bits per heavy atom. The lowest BCUT2D eigenvalue weighted by Gasteiger charge is -2.13. The number of thioether (sulfide) groups is 1. The molecular weight excluding hydrogens is 234 g/mol. The first-order chi connectivity index (χ1) is 7.82. The van der Waals surface area contributed by atoms with E-state index < -0.39 is 0 Å². The number of hydrogen-bond donors (Lipinski definition) is 1. The van der Waals surface area contributed by atoms with Gasteiger partial charge in [-0.1, -0.05) is 25.6 Å². The number of amides is 1. The monoisotopic (exact) mass is 255 g/mol. The predicted molar refractivity (Wildman–Crippen MR) is 71.1 cm³/mol. The Balaban J connectivity index is 2.98. The lowest BCUT2D eigenvalue weighted by atomic mass is 10.2. The molecular formula is C12H21N3OS. The Kier molecular flexibility index (Phi) is 4.62. The van der Waals surface area contributed by atoms with Gasteiger partial charge in [0.2, 0.25) is 5.91 Å². The quantitative estimate of drug-likeness (QED) is 0.820. The van der Waals surface area contributed by atoms with Crippen LogP contribution in [0.4, 0.5) is 0 Å². The summed E-state index contributed by atoms with van der Waals surface area (Å²) in [6.45, 7) is 11.1. The van der Waals surface area contributed by atoms with Crippen LogP contribution in [0.15, 0.2) is 5.16 Å². The topological polar surface area (TPSA) is 60.9 Å². The first-order valence-corrected chi connectivity index (χ1v) is 6.70. The highest BCUT2D eigenvalue weighted by atomic mass is 32.2. The van der Waals surface area contributed by atoms with Gasteiger partial charge in [-0.2, -0.15) is 0 Å². The first-order valence-electron chi connectivity index (χ1n) is 5.82. The molecule has 0 aliphatic heterocycles. The van der Waals surface area contributed by atoms with Crippen LogP contribution in [0.2, 0.25) is 0 Å². The lowest BCUT2D eigenvalue weighted by molar-refractivity contribution is -0.117. The summed E-state index contributed by atoms with van der Waals surface area (Å²) in [4.78, 5) is 15.6. The fourth-order valence-electron chi connectivity index (χ4n) is 1.51. The van der Waals surface area contributed by atoms with Crippen molar-refractivity contribution in [1.29, 1.82) is 0 Å². The predicted octanol–water partition coefficient (Wildman–Crippen LogP) is 2.12. The van der Waals surface area contributed by atoms with E-state index in [0.29, 0.717) is 5.92 Å². The van der Waals surface area contributed by atoms with Gasteiger partial charge in [0.15, 0.2) is 5.16 Å². The second-order valence-corrected chi connectivity index (χ2v) is 6.04. The molecule has 1 rings (SSSR count). The van der Waals surface area contributed by atoms with Crippen LogP contribution in [0.25, 0.3) is 0 Å². The molecule has 5 heteroatoms. The largest absolute Gasteiger partial charge is 0.369 e. The molecule has 0 aliphatic rings. The van der Waals surface area contributed by atoms with Gasteiger partial charge in [-0.3, -0.25) is 4.79 Å². The number of aromatic nitrogens is 2. The van der Waals surface area contributed by atoms with Crippen LogP contribution >= 0.6 is 11.8 Å². The van der Waals surface area contributed by atoms with Crippen LogP contribution in [0, 0.1) is 19.8 Å². The van der Waals surface area contributed by atoms with Crippen LogP contribution in [-0.4, -0.2) is 20.7 Å². The molecule has 96 valence electrons. The Morgan fingerprint density at radius 1 is 1.41 bits per heavy atom. The van der Waals surface area contributed by atoms with Gasteiger partial charge in [0, 0.05) is 12.2 Å². The van der Waals surface area contributed by atoms with Gasteiger partial charge in [0.1, 0.15) is 0 Å². The highest BCUT2D eigenvalue weighted by molar-refractivity contribution is 8.00. The summed E-state index contributed by atoms with van der Waals surface area (Å²) >= 11 is 1.43. The standard InChI is InChI=1S/C12H21N3OS/c1-7(2)6-15-9(4)8(3)14-12(15)17-10(5)11(13)16/h7,10H,6H2,1-5H3,(H2,13,16)/t10-/m1/s1. The molecule has 1 aromatic rings. The molecule has 2 N–H and O–H groups in total. The average Bonchev–Trinajstić information content (AvgIpc) is 2.45. The van der Waals surface area contributed by atoms with E-state index in [1.807, 2.05) is 13.8 Å². The maximum Gasteiger partial charge on any atom is 0.230 e. The summed E-state index contributed by atoms with van der Waals surface area (Å²) in [5, 5.41) is 0.641. The zero-order valence-electron chi connectivity index (χ0n) is 11.2. The van der Waals surface area contributed by atoms with Crippen molar-refractivity contribution < 1.29 is 4.79 Å². The van der Waals surface area contributed by atoms with E-state index in [1.54, 1.807) is 0 Å². The van der Waals surface area contributed by atoms with Gasteiger partial charge in [-0.15, -0.1) is 0 Å². The highest BCUT2D eigenvalue weighted by Crippen LogP contribution is 2.25. The van der Waals surface area contributed by atoms with Gasteiger partial charge >= 0.3 is 0 Å². The second-order valence-electron chi connectivity index (χ2n) is 4.73. The zero-order chi connectivity index (χ0) is 13.2. The Hall–Kier alpha value is -0.970. The van der Waals surface area contributed by atoms with Gasteiger partial charge in [-0.05, 0) is 26.7 Å². The lowest BCUT2D eigenvalue weighted by Crippen LogP contribution is -2.23. The molecule has 0 bridgehead atoms. The molecule has 0 aromatic carbocycles. The van der Waals surface area contributed by atoms with Gasteiger partial charge in [0.25, 0.3) is 0 Å². The maximum atomic E-state index is 11.1. The zero-order valence-corrected chi connectivity index (χ0v) is 12.0. The minimum absolute atomic E-state index is 0.248. The van der Waals surface area contributed by atoms with Gasteiger partial charge in [-0.25, -0.2) is 4.98 Å². The number of rotatable bonds is 5. The van der Waals surface area contributed by atoms with E-state index in [1.165, 1.54) is 11.8 Å². The van der Waals surface area contributed by atoms with Crippen molar-refractivity contribution in [3.63, 3.8) is 0 Å². The van der Waals surface area contributed by atoms with Crippen LogP contribution in [0.3, 0.4) is 0 Å². The molecule has 0 spiro atoms. The van der Waals surface area contributed by atoms with Crippen molar-refractivity contribution in [2.24, 2.45) is 11.7 Å². The van der Waals surface area contributed by atoms with Crippen LogP contribution in [0.5, 0.6) is 0 Å². The third-order valence-corrected chi connectivity index (χ3v) is 3.76. The van der Waals surface area contributed by atoms with E-state index in [0.717, 1.165) is 23.1 Å². The molecule has 0 aliphatic carbocycles. The highest BCUT2D eigenvalue weighted by Gasteiger charge is 2.18. The molecule has 0 saturated heterocycles. The third kappa shape index (κ3) is 3.49. The summed E-state index contributed by atoms with van der Waals surface area (Å²) in [7, 11) is 0. The van der Waals surface area contributed by atoms with Crippen molar-refractivity contribution in [2.75, 3.05) is 0 Å². The molecule has 1 heterocycles. The SMILES string of the molecule is Cc1nc(S[C@H](C)C(N)=O)n(CC(C)C)c1C. The summed E-state index contributed by atoms with van der Waals surface area (Å²) in [6.07, 6.45) is 0. The second kappa shape index (κ2) is 5.58. The van der Waals surface area contributed by atoms with Gasteiger partial charge in [0.05, 0.1) is 10.9 Å². The van der Waals surface area contributed by atoms with Crippen molar-refractivity contribution in [3.05, 3.63) is 11.4 Å². The summed E-state index contributed by atoms with van der Waals surface area (Å²) < 4.78 is 2.17. The number of carbonyl (C=O) groups excluding carboxylic acids is 1. The number of imidazole rings is 1. The number of nitrogens with zero attached hydrogens (tertiary/aromatic N) is 2. The third-order valence-electron chi connectivity index (χ3n) is 2.65. The van der Waals surface area contributed by atoms with Crippen molar-refractivity contribution in [1.82, 2.24) is 9.55 Å². The number of carbonyl (C=O) groups is 1. The molecule has 1 aromatic heterocycles. The van der Waals surface area contributed by atoms with Crippen LogP contribution < -0.4 is 5.73 Å². The van der Waals surface area contributed by atoms with Crippen molar-refractivity contribution >= 4 is 17.7 Å². The summed E-state index contributed by atoms with van der Waals surface area (Å²) in [6, 6.07) is 0. The van der Waals surface area contributed by atoms with E-state index in [2.05, 4.69) is 30.3 Å². The van der Waals surface area contributed by atoms with E-state index in [9.17, 15) is 4.79 Å². The number of primary amides is 1. The fourth-order valence-corrected chi connectivity index (χ4v) is 2.47. The Labute approximate surface area is 107 Å². The average molecular weight is 255 g/mol. The summed E-state index contributed by atoms with van der Waals surface area (Å²) in [5.41, 5.74) is 7.47. The summed E-state index contributed by atoms with van der Waals surface area (Å²) in [5.74, 6) is 0.245. The normalized spacial score (nSPS) is 13.1. The smallest absolute Gasteiger partial charge is 0.230 e. The first kappa shape index (κ1) is 14.1. The number of hydrogen-bond acceptors (Lipinski definition) is 3. The Morgan fingerprint density at radius 3 is 2.47 bits per heavy atom. The maximum absolute atomic E-state index is 11.1. The van der Waals surface area contributed by atoms with Crippen LogP contribution in [0.1, 0.15) is 32.2 Å². The minimum atomic E-state index is -0.301. The molecule has 0 unspecified atom stereocenters. The minimum Gasteiger partial charge on any atom is -0.369 e. The molecule has 4 nitrogen and oxygen atoms in total. The molecule has 0 radical (unpaired) electrons. The number of nitrogens with two attached hydrogens (primary N) is 1. The number of aryl methyl sites for hydroxylation is 1. The molecule has 1 amide bonds. The van der Waals surface area contributed by atoms with E-state index >= 15 is 0 Å². The van der Waals surface area contributed by atoms with Crippen molar-refractivity contribution in [3.8, 4) is 0 Å². The van der Waals surface area contributed by atoms with E-state index in [4.69, 9.17) is 5.73 Å². The van der Waals surface area contributed by atoms with E-state index in [-0.39, 0.29) is 11.2 Å². The Bertz CT molecular complexity index is 412. The van der Waals surface area contributed by atoms with Crippen LogP contribution in [-0.2, 0) is 11.3 Å². The molecule has 17 heavy (non-hydrogen) atoms. The van der Waals surface area contributed by atoms with Gasteiger partial charge < -0.3 is 10.3 Å². The fraction of sp³-hybridized carbons (Fsp3) is 0.667. The molecule has 0 saturated carbocycles.